The number of halogens is 1. The van der Waals surface area contributed by atoms with E-state index in [4.69, 9.17) is 21.4 Å². The molecule has 0 atom stereocenters. The van der Waals surface area contributed by atoms with Crippen molar-refractivity contribution < 1.29 is 9.21 Å². The van der Waals surface area contributed by atoms with Crippen molar-refractivity contribution in [3.8, 4) is 17.4 Å². The number of hydrogen-bond acceptors (Lipinski definition) is 6. The van der Waals surface area contributed by atoms with Gasteiger partial charge in [0, 0.05) is 10.6 Å². The van der Waals surface area contributed by atoms with Crippen molar-refractivity contribution >= 4 is 56.2 Å². The lowest BCUT2D eigenvalue weighted by atomic mass is 10.1. The van der Waals surface area contributed by atoms with Gasteiger partial charge in [-0.25, -0.2) is 9.99 Å². The number of aryl methyl sites for hydroxylation is 1. The fourth-order valence-corrected chi connectivity index (χ4v) is 4.69. The van der Waals surface area contributed by atoms with Gasteiger partial charge in [-0.15, -0.1) is 11.3 Å². The molecule has 2 aromatic heterocycles. The Bertz CT molecular complexity index is 1480. The number of nitrogens with one attached hydrogen (secondary N) is 2. The lowest BCUT2D eigenvalue weighted by Gasteiger charge is -2.20. The van der Waals surface area contributed by atoms with Crippen molar-refractivity contribution in [3.05, 3.63) is 76.0 Å². The highest BCUT2D eigenvalue weighted by Crippen LogP contribution is 2.37. The SMILES string of the molecule is Cc1ccc(-c2ccc(/C(=C(\C#N)c3nc4ccccc4s3)N3NC(=O)CC3=N)o2)cc1Cl. The number of carbonyl (C=O) groups is 1. The van der Waals surface area contributed by atoms with Crippen molar-refractivity contribution in [2.24, 2.45) is 0 Å². The van der Waals surface area contributed by atoms with Gasteiger partial charge in [-0.3, -0.25) is 15.6 Å². The first-order valence-electron chi connectivity index (χ1n) is 9.98. The summed E-state index contributed by atoms with van der Waals surface area (Å²) in [5.74, 6) is 0.545. The van der Waals surface area contributed by atoms with E-state index in [2.05, 4.69) is 16.5 Å². The molecule has 1 amide bonds. The maximum Gasteiger partial charge on any atom is 0.246 e. The van der Waals surface area contributed by atoms with Crippen LogP contribution in [0.25, 0.3) is 32.8 Å². The van der Waals surface area contributed by atoms with E-state index >= 15 is 0 Å². The fraction of sp³-hybridized carbons (Fsp3) is 0.0833. The van der Waals surface area contributed by atoms with Gasteiger partial charge in [0.25, 0.3) is 0 Å². The Morgan fingerprint density at radius 3 is 2.79 bits per heavy atom. The van der Waals surface area contributed by atoms with Crippen LogP contribution in [0.5, 0.6) is 0 Å². The lowest BCUT2D eigenvalue weighted by Crippen LogP contribution is -2.34. The summed E-state index contributed by atoms with van der Waals surface area (Å²) in [6, 6.07) is 18.9. The van der Waals surface area contributed by atoms with E-state index in [0.717, 1.165) is 21.3 Å². The number of furan rings is 1. The first-order chi connectivity index (χ1) is 15.9. The monoisotopic (exact) mass is 473 g/mol. The number of nitriles is 1. The number of fused-ring (bicyclic) bond motifs is 1. The maximum absolute atomic E-state index is 12.0. The van der Waals surface area contributed by atoms with Crippen LogP contribution in [0.2, 0.25) is 5.02 Å². The second-order valence-electron chi connectivity index (χ2n) is 7.44. The molecule has 0 spiro atoms. The molecule has 3 heterocycles. The van der Waals surface area contributed by atoms with Gasteiger partial charge in [0.05, 0.1) is 16.6 Å². The van der Waals surface area contributed by atoms with Crippen molar-refractivity contribution in [1.82, 2.24) is 15.4 Å². The zero-order chi connectivity index (χ0) is 23.1. The van der Waals surface area contributed by atoms with Crippen LogP contribution in [0.4, 0.5) is 0 Å². The van der Waals surface area contributed by atoms with Crippen molar-refractivity contribution in [2.75, 3.05) is 0 Å². The molecule has 1 fully saturated rings. The number of amides is 1. The molecule has 162 valence electrons. The number of allylic oxidation sites excluding steroid dienone is 1. The van der Waals surface area contributed by atoms with Crippen molar-refractivity contribution in [2.45, 2.75) is 13.3 Å². The third kappa shape index (κ3) is 3.78. The van der Waals surface area contributed by atoms with Crippen LogP contribution in [-0.2, 0) is 4.79 Å². The molecule has 0 aliphatic carbocycles. The van der Waals surface area contributed by atoms with Gasteiger partial charge >= 0.3 is 0 Å². The van der Waals surface area contributed by atoms with Gasteiger partial charge in [-0.2, -0.15) is 5.26 Å². The molecule has 33 heavy (non-hydrogen) atoms. The summed E-state index contributed by atoms with van der Waals surface area (Å²) in [6.45, 7) is 1.92. The molecule has 4 aromatic rings. The summed E-state index contributed by atoms with van der Waals surface area (Å²) < 4.78 is 7.05. The Morgan fingerprint density at radius 1 is 1.27 bits per heavy atom. The molecular weight excluding hydrogens is 458 g/mol. The predicted molar refractivity (Wildman–Crippen MR) is 128 cm³/mol. The largest absolute Gasteiger partial charge is 0.454 e. The van der Waals surface area contributed by atoms with Crippen LogP contribution < -0.4 is 5.43 Å². The topological polar surface area (TPSA) is 106 Å². The van der Waals surface area contributed by atoms with Gasteiger partial charge in [-0.05, 0) is 42.8 Å². The number of thiazole rings is 1. The molecule has 0 saturated carbocycles. The van der Waals surface area contributed by atoms with Crippen LogP contribution in [-0.4, -0.2) is 21.7 Å². The number of benzene rings is 2. The molecule has 0 bridgehead atoms. The number of nitrogens with zero attached hydrogens (tertiary/aromatic N) is 3. The van der Waals surface area contributed by atoms with E-state index < -0.39 is 0 Å². The molecule has 1 saturated heterocycles. The first-order valence-corrected chi connectivity index (χ1v) is 11.2. The highest BCUT2D eigenvalue weighted by atomic mass is 35.5. The van der Waals surface area contributed by atoms with Crippen LogP contribution in [0.3, 0.4) is 0 Å². The molecule has 9 heteroatoms. The van der Waals surface area contributed by atoms with E-state index in [-0.39, 0.29) is 29.4 Å². The first kappa shape index (κ1) is 20.9. The second kappa shape index (κ2) is 8.20. The average Bonchev–Trinajstić information content (AvgIpc) is 3.52. The summed E-state index contributed by atoms with van der Waals surface area (Å²) in [6.07, 6.45) is -0.0941. The normalized spacial score (nSPS) is 14.4. The number of amidine groups is 1. The molecule has 2 aromatic carbocycles. The molecule has 1 aliphatic rings. The van der Waals surface area contributed by atoms with Gasteiger partial charge in [-0.1, -0.05) is 35.9 Å². The summed E-state index contributed by atoms with van der Waals surface area (Å²) in [5.41, 5.74) is 5.59. The van der Waals surface area contributed by atoms with Gasteiger partial charge < -0.3 is 4.42 Å². The van der Waals surface area contributed by atoms with Crippen molar-refractivity contribution in [3.63, 3.8) is 0 Å². The Morgan fingerprint density at radius 2 is 2.09 bits per heavy atom. The highest BCUT2D eigenvalue weighted by Gasteiger charge is 2.32. The average molecular weight is 474 g/mol. The molecule has 0 unspecified atom stereocenters. The number of carbonyl (C=O) groups excluding carboxylic acids is 1. The third-order valence-corrected chi connectivity index (χ3v) is 6.67. The quantitative estimate of drug-likeness (QED) is 0.374. The zero-order valence-corrected chi connectivity index (χ0v) is 18.9. The Balaban J connectivity index is 1.69. The van der Waals surface area contributed by atoms with Crippen LogP contribution in [0.15, 0.2) is 59.0 Å². The van der Waals surface area contributed by atoms with Crippen LogP contribution in [0, 0.1) is 23.7 Å². The lowest BCUT2D eigenvalue weighted by molar-refractivity contribution is -0.120. The minimum Gasteiger partial charge on any atom is -0.454 e. The molecule has 7 nitrogen and oxygen atoms in total. The minimum atomic E-state index is -0.337. The number of hydrogen-bond donors (Lipinski definition) is 2. The van der Waals surface area contributed by atoms with Gasteiger partial charge in [0.15, 0.2) is 5.76 Å². The summed E-state index contributed by atoms with van der Waals surface area (Å²) in [5, 5.41) is 20.8. The molecule has 1 aliphatic heterocycles. The maximum atomic E-state index is 12.0. The predicted octanol–water partition coefficient (Wildman–Crippen LogP) is 5.62. The summed E-state index contributed by atoms with van der Waals surface area (Å²) in [4.78, 5) is 16.6. The van der Waals surface area contributed by atoms with E-state index in [1.807, 2.05) is 43.3 Å². The number of aromatic nitrogens is 1. The standard InChI is InChI=1S/C24H16ClN5O2S/c1-13-6-7-14(10-16(13)25)18-8-9-19(32-18)23(30-21(27)11-22(31)29-30)15(12-26)24-28-17-4-2-3-5-20(17)33-24/h2-10,27H,11H2,1H3,(H,29,31)/b23-15-,27-21?. The molecule has 5 rings (SSSR count). The van der Waals surface area contributed by atoms with E-state index in [1.54, 1.807) is 18.2 Å². The molecular formula is C24H16ClN5O2S. The fourth-order valence-electron chi connectivity index (χ4n) is 3.55. The Kier molecular flexibility index (Phi) is 5.21. The minimum absolute atomic E-state index is 0.0141. The van der Waals surface area contributed by atoms with E-state index in [0.29, 0.717) is 21.6 Å². The summed E-state index contributed by atoms with van der Waals surface area (Å²) >= 11 is 7.64. The third-order valence-electron chi connectivity index (χ3n) is 5.21. The zero-order valence-electron chi connectivity index (χ0n) is 17.3. The number of hydrazine groups is 1. The van der Waals surface area contributed by atoms with E-state index in [9.17, 15) is 10.1 Å². The van der Waals surface area contributed by atoms with Crippen molar-refractivity contribution in [1.29, 1.82) is 10.7 Å². The highest BCUT2D eigenvalue weighted by molar-refractivity contribution is 7.19. The Hall–Kier alpha value is -3.93. The molecule has 2 N–H and O–H groups in total. The number of rotatable bonds is 4. The van der Waals surface area contributed by atoms with Crippen LogP contribution in [0.1, 0.15) is 22.8 Å². The summed E-state index contributed by atoms with van der Waals surface area (Å²) in [7, 11) is 0. The van der Waals surface area contributed by atoms with Gasteiger partial charge in [0.1, 0.15) is 33.9 Å². The van der Waals surface area contributed by atoms with Crippen LogP contribution >= 0.6 is 22.9 Å². The van der Waals surface area contributed by atoms with E-state index in [1.165, 1.54) is 16.3 Å². The number of para-hydroxylation sites is 1. The Labute approximate surface area is 198 Å². The van der Waals surface area contributed by atoms with Gasteiger partial charge in [0.2, 0.25) is 5.91 Å². The second-order valence-corrected chi connectivity index (χ2v) is 8.88. The molecule has 0 radical (unpaired) electrons. The smallest absolute Gasteiger partial charge is 0.246 e.